The van der Waals surface area contributed by atoms with Crippen molar-refractivity contribution >= 4 is 0 Å². The summed E-state index contributed by atoms with van der Waals surface area (Å²) in [4.78, 5) is 0. The van der Waals surface area contributed by atoms with E-state index in [1.165, 1.54) is 6.07 Å². The maximum absolute atomic E-state index is 13.2. The maximum atomic E-state index is 13.2. The standard InChI is InChI=1S/C15H20F2O/c1-10-5-11(2)8-15(18,7-10)9-12-3-4-13(16)14(17)6-12/h3-4,6,10-11,18H,5,7-9H2,1-2H3. The number of halogens is 2. The Kier molecular flexibility index (Phi) is 3.71. The molecule has 1 aliphatic rings. The first-order valence-corrected chi connectivity index (χ1v) is 6.54. The molecule has 0 spiro atoms. The Morgan fingerprint density at radius 2 is 1.78 bits per heavy atom. The zero-order chi connectivity index (χ0) is 13.3. The molecule has 1 aliphatic carbocycles. The smallest absolute Gasteiger partial charge is 0.159 e. The summed E-state index contributed by atoms with van der Waals surface area (Å²) in [5.41, 5.74) is -0.112. The minimum absolute atomic E-state index is 0.402. The molecule has 0 aliphatic heterocycles. The van der Waals surface area contributed by atoms with Gasteiger partial charge >= 0.3 is 0 Å². The van der Waals surface area contributed by atoms with E-state index in [1.54, 1.807) is 6.07 Å². The fourth-order valence-electron chi connectivity index (χ4n) is 3.41. The second-order valence-electron chi connectivity index (χ2n) is 6.00. The Balaban J connectivity index is 2.13. The topological polar surface area (TPSA) is 20.2 Å². The molecule has 1 fully saturated rings. The Morgan fingerprint density at radius 3 is 2.33 bits per heavy atom. The van der Waals surface area contributed by atoms with Gasteiger partial charge in [-0.1, -0.05) is 19.9 Å². The van der Waals surface area contributed by atoms with Gasteiger partial charge < -0.3 is 5.11 Å². The van der Waals surface area contributed by atoms with Gasteiger partial charge in [-0.2, -0.15) is 0 Å². The molecule has 1 aromatic rings. The van der Waals surface area contributed by atoms with Gasteiger partial charge in [0.25, 0.3) is 0 Å². The minimum Gasteiger partial charge on any atom is -0.390 e. The lowest BCUT2D eigenvalue weighted by Crippen LogP contribution is -2.39. The number of hydrogen-bond donors (Lipinski definition) is 1. The Morgan fingerprint density at radius 1 is 1.17 bits per heavy atom. The normalized spacial score (nSPS) is 32.5. The van der Waals surface area contributed by atoms with E-state index in [-0.39, 0.29) is 0 Å². The van der Waals surface area contributed by atoms with Gasteiger partial charge in [-0.05, 0) is 48.8 Å². The van der Waals surface area contributed by atoms with Crippen LogP contribution >= 0.6 is 0 Å². The molecular weight excluding hydrogens is 234 g/mol. The SMILES string of the molecule is CC1CC(C)CC(O)(Cc2ccc(F)c(F)c2)C1. The van der Waals surface area contributed by atoms with Crippen molar-refractivity contribution in [1.82, 2.24) is 0 Å². The van der Waals surface area contributed by atoms with Crippen molar-refractivity contribution in [3.05, 3.63) is 35.4 Å². The summed E-state index contributed by atoms with van der Waals surface area (Å²) in [6, 6.07) is 3.88. The molecule has 0 heterocycles. The monoisotopic (exact) mass is 254 g/mol. The van der Waals surface area contributed by atoms with E-state index >= 15 is 0 Å². The summed E-state index contributed by atoms with van der Waals surface area (Å²) in [6.45, 7) is 4.26. The summed E-state index contributed by atoms with van der Waals surface area (Å²) in [6.07, 6.45) is 2.99. The van der Waals surface area contributed by atoms with Gasteiger partial charge in [0.15, 0.2) is 11.6 Å². The second kappa shape index (κ2) is 4.96. The molecule has 2 atom stereocenters. The average molecular weight is 254 g/mol. The molecule has 2 unspecified atom stereocenters. The van der Waals surface area contributed by atoms with Crippen molar-refractivity contribution in [3.63, 3.8) is 0 Å². The highest BCUT2D eigenvalue weighted by Gasteiger charge is 2.36. The highest BCUT2D eigenvalue weighted by atomic mass is 19.2. The van der Waals surface area contributed by atoms with E-state index in [0.717, 1.165) is 25.3 Å². The van der Waals surface area contributed by atoms with Gasteiger partial charge in [0.1, 0.15) is 0 Å². The molecule has 100 valence electrons. The molecule has 18 heavy (non-hydrogen) atoms. The van der Waals surface area contributed by atoms with E-state index in [1.807, 2.05) is 0 Å². The second-order valence-corrected chi connectivity index (χ2v) is 6.00. The predicted molar refractivity (Wildman–Crippen MR) is 67.2 cm³/mol. The van der Waals surface area contributed by atoms with Crippen molar-refractivity contribution in [2.24, 2.45) is 11.8 Å². The third-order valence-corrected chi connectivity index (χ3v) is 3.78. The number of aliphatic hydroxyl groups is 1. The lowest BCUT2D eigenvalue weighted by molar-refractivity contribution is -0.0305. The molecule has 1 N–H and O–H groups in total. The molecule has 0 saturated heterocycles. The molecule has 0 bridgehead atoms. The lowest BCUT2D eigenvalue weighted by Gasteiger charge is -2.39. The van der Waals surface area contributed by atoms with Crippen LogP contribution in [0.5, 0.6) is 0 Å². The Hall–Kier alpha value is -0.960. The molecule has 0 amide bonds. The van der Waals surface area contributed by atoms with Crippen LogP contribution < -0.4 is 0 Å². The van der Waals surface area contributed by atoms with Gasteiger partial charge in [-0.25, -0.2) is 8.78 Å². The number of rotatable bonds is 2. The molecule has 1 nitrogen and oxygen atoms in total. The van der Waals surface area contributed by atoms with Crippen molar-refractivity contribution in [2.45, 2.75) is 45.1 Å². The molecule has 1 aromatic carbocycles. The van der Waals surface area contributed by atoms with Crippen molar-refractivity contribution in [3.8, 4) is 0 Å². The molecule has 3 heteroatoms. The van der Waals surface area contributed by atoms with Crippen molar-refractivity contribution < 1.29 is 13.9 Å². The van der Waals surface area contributed by atoms with E-state index in [4.69, 9.17) is 0 Å². The van der Waals surface area contributed by atoms with Crippen LogP contribution in [-0.4, -0.2) is 10.7 Å². The highest BCUT2D eigenvalue weighted by molar-refractivity contribution is 5.20. The van der Waals surface area contributed by atoms with E-state index in [0.29, 0.717) is 23.8 Å². The predicted octanol–water partition coefficient (Wildman–Crippen LogP) is 3.69. The average Bonchev–Trinajstić information content (AvgIpc) is 2.21. The van der Waals surface area contributed by atoms with Gasteiger partial charge in [0.05, 0.1) is 5.60 Å². The molecule has 0 radical (unpaired) electrons. The van der Waals surface area contributed by atoms with Crippen LogP contribution in [0.15, 0.2) is 18.2 Å². The molecule has 0 aromatic heterocycles. The first kappa shape index (κ1) is 13.5. The maximum Gasteiger partial charge on any atom is 0.159 e. The van der Waals surface area contributed by atoms with Crippen molar-refractivity contribution in [1.29, 1.82) is 0 Å². The van der Waals surface area contributed by atoms with E-state index in [2.05, 4.69) is 13.8 Å². The zero-order valence-corrected chi connectivity index (χ0v) is 10.9. The Bertz CT molecular complexity index is 421. The third-order valence-electron chi connectivity index (χ3n) is 3.78. The molecular formula is C15H20F2O. The van der Waals surface area contributed by atoms with Crippen LogP contribution in [0.1, 0.15) is 38.7 Å². The van der Waals surface area contributed by atoms with Crippen LogP contribution in [0.25, 0.3) is 0 Å². The van der Waals surface area contributed by atoms with Gasteiger partial charge in [0.2, 0.25) is 0 Å². The van der Waals surface area contributed by atoms with E-state index < -0.39 is 17.2 Å². The molecule has 1 saturated carbocycles. The van der Waals surface area contributed by atoms with Crippen molar-refractivity contribution in [2.75, 3.05) is 0 Å². The van der Waals surface area contributed by atoms with Crippen LogP contribution in [0, 0.1) is 23.5 Å². The number of benzene rings is 1. The summed E-state index contributed by atoms with van der Waals surface area (Å²) in [5, 5.41) is 10.6. The fourth-order valence-corrected chi connectivity index (χ4v) is 3.41. The van der Waals surface area contributed by atoms with Gasteiger partial charge in [-0.15, -0.1) is 0 Å². The van der Waals surface area contributed by atoms with E-state index in [9.17, 15) is 13.9 Å². The largest absolute Gasteiger partial charge is 0.390 e. The first-order valence-electron chi connectivity index (χ1n) is 6.54. The summed E-state index contributed by atoms with van der Waals surface area (Å²) in [7, 11) is 0. The highest BCUT2D eigenvalue weighted by Crippen LogP contribution is 2.38. The Labute approximate surface area is 107 Å². The van der Waals surface area contributed by atoms with Crippen LogP contribution in [-0.2, 0) is 6.42 Å². The summed E-state index contributed by atoms with van der Waals surface area (Å²) in [5.74, 6) is -0.725. The van der Waals surface area contributed by atoms with Crippen LogP contribution in [0.3, 0.4) is 0 Å². The van der Waals surface area contributed by atoms with Crippen LogP contribution in [0.4, 0.5) is 8.78 Å². The quantitative estimate of drug-likeness (QED) is 0.853. The summed E-state index contributed by atoms with van der Waals surface area (Å²) >= 11 is 0. The third kappa shape index (κ3) is 3.08. The van der Waals surface area contributed by atoms with Crippen LogP contribution in [0.2, 0.25) is 0 Å². The summed E-state index contributed by atoms with van der Waals surface area (Å²) < 4.78 is 26.0. The van der Waals surface area contributed by atoms with Gasteiger partial charge in [-0.3, -0.25) is 0 Å². The van der Waals surface area contributed by atoms with Gasteiger partial charge in [0, 0.05) is 6.42 Å². The lowest BCUT2D eigenvalue weighted by atomic mass is 9.71. The first-order chi connectivity index (χ1) is 8.38. The molecule has 2 rings (SSSR count). The zero-order valence-electron chi connectivity index (χ0n) is 10.9. The minimum atomic E-state index is -0.840. The fraction of sp³-hybridized carbons (Fsp3) is 0.600. The number of hydrogen-bond acceptors (Lipinski definition) is 1.